The average Bonchev–Trinajstić information content (AvgIpc) is 2.85. The molecule has 0 radical (unpaired) electrons. The first-order chi connectivity index (χ1) is 16.0. The lowest BCUT2D eigenvalue weighted by molar-refractivity contribution is -0.140. The molecule has 33 heavy (non-hydrogen) atoms. The molecule has 2 aliphatic rings. The standard InChI is InChI=1S/C29H40N2O2/c1-4-5-23-6-8-25(9-7-23)29(32)33-28-16-14-27(15-17-28)31-20-18-30(19-21-31)26-12-10-24(11-13-26)22(2)3/h10-17,22-23,25H,4-9,18-21H2,1-3H3. The van der Waals surface area contributed by atoms with Gasteiger partial charge in [0.15, 0.2) is 0 Å². The number of ether oxygens (including phenoxy) is 1. The van der Waals surface area contributed by atoms with E-state index in [2.05, 4.69) is 67.0 Å². The Hall–Kier alpha value is -2.49. The summed E-state index contributed by atoms with van der Waals surface area (Å²) in [5, 5.41) is 0. The highest BCUT2D eigenvalue weighted by atomic mass is 16.5. The number of hydrogen-bond donors (Lipinski definition) is 0. The Morgan fingerprint density at radius 3 is 1.85 bits per heavy atom. The number of nitrogens with zero attached hydrogens (tertiary/aromatic N) is 2. The van der Waals surface area contributed by atoms with Gasteiger partial charge >= 0.3 is 5.97 Å². The van der Waals surface area contributed by atoms with E-state index in [1.54, 1.807) is 0 Å². The zero-order valence-electron chi connectivity index (χ0n) is 20.6. The minimum absolute atomic E-state index is 0.0465. The van der Waals surface area contributed by atoms with Crippen LogP contribution in [-0.2, 0) is 4.79 Å². The van der Waals surface area contributed by atoms with Crippen molar-refractivity contribution in [2.75, 3.05) is 36.0 Å². The zero-order valence-corrected chi connectivity index (χ0v) is 20.6. The molecule has 2 fully saturated rings. The van der Waals surface area contributed by atoms with E-state index in [9.17, 15) is 4.79 Å². The molecule has 0 N–H and O–H groups in total. The molecule has 4 rings (SSSR count). The van der Waals surface area contributed by atoms with Crippen LogP contribution in [0, 0.1) is 11.8 Å². The number of anilines is 2. The van der Waals surface area contributed by atoms with Crippen molar-refractivity contribution in [2.45, 2.75) is 65.2 Å². The normalized spacial score (nSPS) is 21.3. The Morgan fingerprint density at radius 1 is 0.848 bits per heavy atom. The Morgan fingerprint density at radius 2 is 1.36 bits per heavy atom. The van der Waals surface area contributed by atoms with Crippen molar-refractivity contribution in [2.24, 2.45) is 11.8 Å². The molecule has 0 aromatic heterocycles. The van der Waals surface area contributed by atoms with Crippen LogP contribution in [0.1, 0.15) is 70.8 Å². The van der Waals surface area contributed by atoms with Crippen LogP contribution in [0.5, 0.6) is 5.75 Å². The molecule has 0 spiro atoms. The van der Waals surface area contributed by atoms with Crippen molar-refractivity contribution < 1.29 is 9.53 Å². The van der Waals surface area contributed by atoms with Gasteiger partial charge in [0.1, 0.15) is 5.75 Å². The summed E-state index contributed by atoms with van der Waals surface area (Å²) >= 11 is 0. The minimum atomic E-state index is -0.0465. The second-order valence-electron chi connectivity index (χ2n) is 10.1. The predicted octanol–water partition coefficient (Wildman–Crippen LogP) is 6.65. The topological polar surface area (TPSA) is 32.8 Å². The monoisotopic (exact) mass is 448 g/mol. The quantitative estimate of drug-likeness (QED) is 0.351. The van der Waals surface area contributed by atoms with Gasteiger partial charge in [-0.15, -0.1) is 0 Å². The van der Waals surface area contributed by atoms with E-state index in [-0.39, 0.29) is 11.9 Å². The fraction of sp³-hybridized carbons (Fsp3) is 0.552. The number of benzene rings is 2. The van der Waals surface area contributed by atoms with E-state index >= 15 is 0 Å². The molecule has 4 heteroatoms. The summed E-state index contributed by atoms with van der Waals surface area (Å²) in [7, 11) is 0. The third kappa shape index (κ3) is 6.10. The molecule has 0 bridgehead atoms. The summed E-state index contributed by atoms with van der Waals surface area (Å²) < 4.78 is 5.73. The number of carbonyl (C=O) groups is 1. The Balaban J connectivity index is 1.25. The summed E-state index contributed by atoms with van der Waals surface area (Å²) in [5.41, 5.74) is 3.90. The highest BCUT2D eigenvalue weighted by molar-refractivity contribution is 5.75. The van der Waals surface area contributed by atoms with Crippen molar-refractivity contribution in [3.63, 3.8) is 0 Å². The number of hydrogen-bond acceptors (Lipinski definition) is 4. The van der Waals surface area contributed by atoms with E-state index in [0.29, 0.717) is 11.7 Å². The minimum Gasteiger partial charge on any atom is -0.426 e. The van der Waals surface area contributed by atoms with Gasteiger partial charge in [0.2, 0.25) is 0 Å². The maximum atomic E-state index is 12.6. The number of esters is 1. The molecule has 4 nitrogen and oxygen atoms in total. The molecule has 0 amide bonds. The fourth-order valence-electron chi connectivity index (χ4n) is 5.31. The van der Waals surface area contributed by atoms with Gasteiger partial charge < -0.3 is 14.5 Å². The molecule has 1 heterocycles. The van der Waals surface area contributed by atoms with E-state index in [1.165, 1.54) is 42.6 Å². The van der Waals surface area contributed by atoms with Gasteiger partial charge in [0, 0.05) is 37.6 Å². The lowest BCUT2D eigenvalue weighted by Crippen LogP contribution is -2.46. The van der Waals surface area contributed by atoms with Crippen molar-refractivity contribution in [3.8, 4) is 5.75 Å². The molecular formula is C29H40N2O2. The van der Waals surface area contributed by atoms with Crippen LogP contribution in [0.3, 0.4) is 0 Å². The van der Waals surface area contributed by atoms with Crippen molar-refractivity contribution in [1.29, 1.82) is 0 Å². The molecular weight excluding hydrogens is 408 g/mol. The smallest absolute Gasteiger partial charge is 0.314 e. The first-order valence-electron chi connectivity index (χ1n) is 12.9. The van der Waals surface area contributed by atoms with Crippen LogP contribution in [0.2, 0.25) is 0 Å². The molecule has 2 aromatic rings. The summed E-state index contributed by atoms with van der Waals surface area (Å²) in [5.74, 6) is 2.07. The van der Waals surface area contributed by atoms with Crippen LogP contribution in [-0.4, -0.2) is 32.1 Å². The second kappa shape index (κ2) is 11.1. The van der Waals surface area contributed by atoms with E-state index in [0.717, 1.165) is 44.9 Å². The molecule has 2 aromatic carbocycles. The first-order valence-corrected chi connectivity index (χ1v) is 12.9. The fourth-order valence-corrected chi connectivity index (χ4v) is 5.31. The van der Waals surface area contributed by atoms with E-state index in [4.69, 9.17) is 4.74 Å². The van der Waals surface area contributed by atoms with Crippen molar-refractivity contribution in [3.05, 3.63) is 54.1 Å². The van der Waals surface area contributed by atoms with Gasteiger partial charge in [0.05, 0.1) is 5.92 Å². The average molecular weight is 449 g/mol. The lowest BCUT2D eigenvalue weighted by Gasteiger charge is -2.37. The summed E-state index contributed by atoms with van der Waals surface area (Å²) in [6.45, 7) is 10.7. The molecule has 1 saturated heterocycles. The largest absolute Gasteiger partial charge is 0.426 e. The lowest BCUT2D eigenvalue weighted by atomic mass is 9.80. The van der Waals surface area contributed by atoms with Crippen LogP contribution in [0.4, 0.5) is 11.4 Å². The van der Waals surface area contributed by atoms with Gasteiger partial charge in [-0.05, 0) is 79.5 Å². The third-order valence-corrected chi connectivity index (χ3v) is 7.50. The SMILES string of the molecule is CCCC1CCC(C(=O)Oc2ccc(N3CCN(c4ccc(C(C)C)cc4)CC3)cc2)CC1. The van der Waals surface area contributed by atoms with Gasteiger partial charge in [0.25, 0.3) is 0 Å². The van der Waals surface area contributed by atoms with Crippen LogP contribution in [0.15, 0.2) is 48.5 Å². The van der Waals surface area contributed by atoms with Crippen LogP contribution >= 0.6 is 0 Å². The van der Waals surface area contributed by atoms with Crippen molar-refractivity contribution >= 4 is 17.3 Å². The molecule has 0 unspecified atom stereocenters. The summed E-state index contributed by atoms with van der Waals surface area (Å²) in [6.07, 6.45) is 6.83. The maximum absolute atomic E-state index is 12.6. The highest BCUT2D eigenvalue weighted by Crippen LogP contribution is 2.33. The molecule has 1 aliphatic heterocycles. The first kappa shape index (κ1) is 23.7. The summed E-state index contributed by atoms with van der Waals surface area (Å²) in [4.78, 5) is 17.5. The zero-order chi connectivity index (χ0) is 23.2. The number of rotatable bonds is 7. The Bertz CT molecular complexity index is 875. The highest BCUT2D eigenvalue weighted by Gasteiger charge is 2.27. The number of piperazine rings is 1. The predicted molar refractivity (Wildman–Crippen MR) is 137 cm³/mol. The van der Waals surface area contributed by atoms with E-state index in [1.807, 2.05) is 12.1 Å². The Labute approximate surface area is 199 Å². The molecule has 0 atom stereocenters. The Kier molecular flexibility index (Phi) is 7.95. The second-order valence-corrected chi connectivity index (χ2v) is 10.1. The van der Waals surface area contributed by atoms with Crippen LogP contribution in [0.25, 0.3) is 0 Å². The molecule has 1 saturated carbocycles. The van der Waals surface area contributed by atoms with Crippen molar-refractivity contribution in [1.82, 2.24) is 0 Å². The van der Waals surface area contributed by atoms with Crippen LogP contribution < -0.4 is 14.5 Å². The summed E-state index contributed by atoms with van der Waals surface area (Å²) in [6, 6.07) is 17.1. The van der Waals surface area contributed by atoms with Gasteiger partial charge in [-0.2, -0.15) is 0 Å². The third-order valence-electron chi connectivity index (χ3n) is 7.50. The number of carbonyl (C=O) groups excluding carboxylic acids is 1. The molecule has 1 aliphatic carbocycles. The van der Waals surface area contributed by atoms with Gasteiger partial charge in [-0.1, -0.05) is 45.7 Å². The van der Waals surface area contributed by atoms with E-state index < -0.39 is 0 Å². The van der Waals surface area contributed by atoms with Gasteiger partial charge in [-0.3, -0.25) is 4.79 Å². The molecule has 178 valence electrons. The maximum Gasteiger partial charge on any atom is 0.314 e. The van der Waals surface area contributed by atoms with Gasteiger partial charge in [-0.25, -0.2) is 0 Å².